The van der Waals surface area contributed by atoms with Gasteiger partial charge in [0.1, 0.15) is 12.1 Å². The van der Waals surface area contributed by atoms with Gasteiger partial charge in [0.05, 0.1) is 5.52 Å². The van der Waals surface area contributed by atoms with Crippen molar-refractivity contribution in [1.82, 2.24) is 15.0 Å². The number of benzene rings is 1. The highest BCUT2D eigenvalue weighted by atomic mass is 15.3. The Morgan fingerprint density at radius 1 is 0.846 bits per heavy atom. The van der Waals surface area contributed by atoms with Crippen LogP contribution in [0, 0.1) is 25.7 Å². The largest absolute Gasteiger partial charge is 0.370 e. The van der Waals surface area contributed by atoms with E-state index in [1.807, 2.05) is 6.20 Å². The fraction of sp³-hybridized carbons (Fsp3) is 0.381. The fourth-order valence-electron chi connectivity index (χ4n) is 4.56. The number of fused-ring (bicyclic) bond motifs is 2. The summed E-state index contributed by atoms with van der Waals surface area (Å²) in [4.78, 5) is 18.4. The third kappa shape index (κ3) is 2.42. The Labute approximate surface area is 153 Å². The van der Waals surface area contributed by atoms with Gasteiger partial charge in [0.25, 0.3) is 0 Å². The molecule has 1 aromatic carbocycles. The van der Waals surface area contributed by atoms with Crippen molar-refractivity contribution in [2.24, 2.45) is 11.8 Å². The minimum atomic E-state index is 0.691. The molecule has 0 radical (unpaired) electrons. The molecule has 3 aromatic rings. The minimum absolute atomic E-state index is 0.691. The maximum atomic E-state index is 4.56. The molecule has 0 aliphatic carbocycles. The molecule has 5 heteroatoms. The molecular formula is C21H23N5. The molecule has 5 rings (SSSR count). The lowest BCUT2D eigenvalue weighted by atomic mass is 10.0. The van der Waals surface area contributed by atoms with Crippen molar-refractivity contribution in [2.75, 3.05) is 36.0 Å². The lowest BCUT2D eigenvalue weighted by Gasteiger charge is -2.25. The number of hydrogen-bond acceptors (Lipinski definition) is 5. The number of aryl methyl sites for hydroxylation is 1. The SMILES string of the molecule is Cc1ncnc(N2CC3CN(c4ccnc5ccccc45)CC3C2)c1C. The van der Waals surface area contributed by atoms with Crippen molar-refractivity contribution in [2.45, 2.75) is 13.8 Å². The maximum Gasteiger partial charge on any atom is 0.135 e. The molecule has 2 saturated heterocycles. The lowest BCUT2D eigenvalue weighted by Crippen LogP contribution is -2.30. The summed E-state index contributed by atoms with van der Waals surface area (Å²) in [5.41, 5.74) is 4.70. The number of rotatable bonds is 2. The summed E-state index contributed by atoms with van der Waals surface area (Å²) in [6.45, 7) is 8.58. The first-order valence-corrected chi connectivity index (χ1v) is 9.32. The first-order valence-electron chi connectivity index (χ1n) is 9.32. The molecule has 2 aromatic heterocycles. The van der Waals surface area contributed by atoms with Crippen molar-refractivity contribution < 1.29 is 0 Å². The van der Waals surface area contributed by atoms with Gasteiger partial charge in [-0.05, 0) is 26.0 Å². The molecule has 2 unspecified atom stereocenters. The average Bonchev–Trinajstić information content (AvgIpc) is 3.22. The Bertz CT molecular complexity index is 950. The van der Waals surface area contributed by atoms with E-state index in [2.05, 4.69) is 68.9 Å². The van der Waals surface area contributed by atoms with Crippen LogP contribution in [0.4, 0.5) is 11.5 Å². The van der Waals surface area contributed by atoms with Crippen LogP contribution in [0.2, 0.25) is 0 Å². The molecular weight excluding hydrogens is 322 g/mol. The normalized spacial score (nSPS) is 22.2. The third-order valence-corrected chi connectivity index (χ3v) is 6.06. The second-order valence-electron chi connectivity index (χ2n) is 7.59. The van der Waals surface area contributed by atoms with Crippen LogP contribution >= 0.6 is 0 Å². The number of aromatic nitrogens is 3. The minimum Gasteiger partial charge on any atom is -0.370 e. The van der Waals surface area contributed by atoms with Crippen LogP contribution < -0.4 is 9.80 Å². The molecule has 0 amide bonds. The van der Waals surface area contributed by atoms with Crippen LogP contribution in [0.15, 0.2) is 42.9 Å². The fourth-order valence-corrected chi connectivity index (χ4v) is 4.56. The Hall–Kier alpha value is -2.69. The number of nitrogens with zero attached hydrogens (tertiary/aromatic N) is 5. The molecule has 2 atom stereocenters. The van der Waals surface area contributed by atoms with Crippen molar-refractivity contribution in [3.8, 4) is 0 Å². The topological polar surface area (TPSA) is 45.2 Å². The zero-order chi connectivity index (χ0) is 17.7. The first kappa shape index (κ1) is 15.6. The van der Waals surface area contributed by atoms with E-state index in [-0.39, 0.29) is 0 Å². The Kier molecular flexibility index (Phi) is 3.55. The van der Waals surface area contributed by atoms with E-state index in [4.69, 9.17) is 0 Å². The van der Waals surface area contributed by atoms with Gasteiger partial charge in [0.15, 0.2) is 0 Å². The molecule has 132 valence electrons. The Morgan fingerprint density at radius 3 is 2.38 bits per heavy atom. The summed E-state index contributed by atoms with van der Waals surface area (Å²) in [6.07, 6.45) is 3.63. The van der Waals surface area contributed by atoms with Gasteiger partial charge in [-0.3, -0.25) is 4.98 Å². The van der Waals surface area contributed by atoms with Gasteiger partial charge in [-0.25, -0.2) is 9.97 Å². The molecule has 4 heterocycles. The van der Waals surface area contributed by atoms with Gasteiger partial charge in [-0.1, -0.05) is 18.2 Å². The van der Waals surface area contributed by atoms with E-state index in [0.29, 0.717) is 11.8 Å². The smallest absolute Gasteiger partial charge is 0.135 e. The molecule has 26 heavy (non-hydrogen) atoms. The van der Waals surface area contributed by atoms with Crippen molar-refractivity contribution >= 4 is 22.4 Å². The lowest BCUT2D eigenvalue weighted by molar-refractivity contribution is 0.533. The molecule has 2 aliphatic heterocycles. The Morgan fingerprint density at radius 2 is 1.58 bits per heavy atom. The van der Waals surface area contributed by atoms with Gasteiger partial charge in [-0.2, -0.15) is 0 Å². The summed E-state index contributed by atoms with van der Waals surface area (Å²) >= 11 is 0. The van der Waals surface area contributed by atoms with E-state index in [1.165, 1.54) is 16.6 Å². The first-order chi connectivity index (χ1) is 12.7. The summed E-state index contributed by atoms with van der Waals surface area (Å²) in [5, 5.41) is 1.26. The average molecular weight is 345 g/mol. The molecule has 2 aliphatic rings. The zero-order valence-electron chi connectivity index (χ0n) is 15.3. The van der Waals surface area contributed by atoms with Gasteiger partial charge in [-0.15, -0.1) is 0 Å². The molecule has 0 saturated carbocycles. The van der Waals surface area contributed by atoms with Crippen LogP contribution in [0.25, 0.3) is 10.9 Å². The molecule has 2 fully saturated rings. The van der Waals surface area contributed by atoms with Gasteiger partial charge in [0.2, 0.25) is 0 Å². The van der Waals surface area contributed by atoms with Gasteiger partial charge >= 0.3 is 0 Å². The second-order valence-corrected chi connectivity index (χ2v) is 7.59. The van der Waals surface area contributed by atoms with E-state index < -0.39 is 0 Å². The highest BCUT2D eigenvalue weighted by Gasteiger charge is 2.41. The Balaban J connectivity index is 1.38. The van der Waals surface area contributed by atoms with Crippen molar-refractivity contribution in [3.05, 3.63) is 54.1 Å². The van der Waals surface area contributed by atoms with Crippen LogP contribution in [0.1, 0.15) is 11.3 Å². The van der Waals surface area contributed by atoms with Crippen LogP contribution in [0.5, 0.6) is 0 Å². The predicted molar refractivity (Wildman–Crippen MR) is 105 cm³/mol. The van der Waals surface area contributed by atoms with E-state index in [9.17, 15) is 0 Å². The molecule has 0 spiro atoms. The zero-order valence-corrected chi connectivity index (χ0v) is 15.3. The van der Waals surface area contributed by atoms with E-state index in [1.54, 1.807) is 6.33 Å². The second kappa shape index (κ2) is 5.94. The van der Waals surface area contributed by atoms with E-state index >= 15 is 0 Å². The van der Waals surface area contributed by atoms with E-state index in [0.717, 1.165) is 43.2 Å². The predicted octanol–water partition coefficient (Wildman–Crippen LogP) is 3.21. The molecule has 0 N–H and O–H groups in total. The summed E-state index contributed by atoms with van der Waals surface area (Å²) in [7, 11) is 0. The number of anilines is 2. The highest BCUT2D eigenvalue weighted by Crippen LogP contribution is 2.38. The molecule has 0 bridgehead atoms. The number of pyridine rings is 1. The molecule has 5 nitrogen and oxygen atoms in total. The summed E-state index contributed by atoms with van der Waals surface area (Å²) in [5.74, 6) is 2.50. The summed E-state index contributed by atoms with van der Waals surface area (Å²) < 4.78 is 0. The standard InChI is InChI=1S/C21H23N5/c1-14-15(2)23-13-24-21(14)26-11-16-9-25(10-17(16)12-26)20-7-8-22-19-6-4-3-5-18(19)20/h3-8,13,16-17H,9-12H2,1-2H3. The highest BCUT2D eigenvalue weighted by molar-refractivity contribution is 5.91. The summed E-state index contributed by atoms with van der Waals surface area (Å²) in [6, 6.07) is 10.6. The maximum absolute atomic E-state index is 4.56. The quantitative estimate of drug-likeness (QED) is 0.714. The van der Waals surface area contributed by atoms with Crippen LogP contribution in [-0.4, -0.2) is 41.1 Å². The van der Waals surface area contributed by atoms with Crippen LogP contribution in [-0.2, 0) is 0 Å². The number of para-hydroxylation sites is 1. The number of hydrogen-bond donors (Lipinski definition) is 0. The van der Waals surface area contributed by atoms with Crippen molar-refractivity contribution in [1.29, 1.82) is 0 Å². The van der Waals surface area contributed by atoms with Gasteiger partial charge < -0.3 is 9.80 Å². The third-order valence-electron chi connectivity index (χ3n) is 6.06. The van der Waals surface area contributed by atoms with Crippen LogP contribution in [0.3, 0.4) is 0 Å². The van der Waals surface area contributed by atoms with Crippen molar-refractivity contribution in [3.63, 3.8) is 0 Å². The monoisotopic (exact) mass is 345 g/mol. The van der Waals surface area contributed by atoms with Gasteiger partial charge in [0, 0.05) is 66.5 Å².